The average molecular weight is 557 g/mol. The molecule has 3 heterocycles. The lowest BCUT2D eigenvalue weighted by molar-refractivity contribution is 0.429. The van der Waals surface area contributed by atoms with Gasteiger partial charge in [-0.25, -0.2) is 9.78 Å². The molecule has 176 valence electrons. The second kappa shape index (κ2) is 9.18. The minimum absolute atomic E-state index is 0.0163. The van der Waals surface area contributed by atoms with E-state index in [1.807, 2.05) is 66.7 Å². The van der Waals surface area contributed by atoms with Gasteiger partial charge in [0.2, 0.25) is 11.0 Å². The van der Waals surface area contributed by atoms with Gasteiger partial charge in [-0.3, -0.25) is 0 Å². The highest BCUT2D eigenvalue weighted by molar-refractivity contribution is 9.10. The lowest BCUT2D eigenvalue weighted by atomic mass is 10.1. The number of nitrogens with zero attached hydrogens (tertiary/aromatic N) is 4. The third-order valence-electron chi connectivity index (χ3n) is 5.80. The first-order valence-corrected chi connectivity index (χ1v) is 12.7. The van der Waals surface area contributed by atoms with Crippen molar-refractivity contribution in [3.8, 4) is 17.1 Å². The summed E-state index contributed by atoms with van der Waals surface area (Å²) in [6.45, 7) is 0.486. The minimum atomic E-state index is -0.464. The molecule has 0 aliphatic rings. The van der Waals surface area contributed by atoms with E-state index in [1.165, 1.54) is 11.3 Å². The number of fused-ring (bicyclic) bond motifs is 2. The zero-order valence-electron chi connectivity index (χ0n) is 18.6. The number of hydrogen-bond acceptors (Lipinski definition) is 7. The van der Waals surface area contributed by atoms with Crippen molar-refractivity contribution in [2.24, 2.45) is 10.2 Å². The van der Waals surface area contributed by atoms with Crippen LogP contribution in [-0.2, 0) is 6.54 Å². The Hall–Kier alpha value is -4.08. The molecule has 3 aromatic carbocycles. The van der Waals surface area contributed by atoms with Gasteiger partial charge in [-0.2, -0.15) is 0 Å². The summed E-state index contributed by atoms with van der Waals surface area (Å²) < 4.78 is 8.10. The van der Waals surface area contributed by atoms with Crippen LogP contribution in [0.1, 0.15) is 5.56 Å². The van der Waals surface area contributed by atoms with Crippen LogP contribution in [-0.4, -0.2) is 14.7 Å². The van der Waals surface area contributed by atoms with Crippen LogP contribution < -0.4 is 5.63 Å². The van der Waals surface area contributed by atoms with Crippen LogP contribution in [0.25, 0.3) is 33.1 Å². The zero-order chi connectivity index (χ0) is 24.6. The van der Waals surface area contributed by atoms with E-state index in [9.17, 15) is 9.90 Å². The Morgan fingerprint density at radius 1 is 1.00 bits per heavy atom. The average Bonchev–Trinajstić information content (AvgIpc) is 3.45. The van der Waals surface area contributed by atoms with E-state index in [4.69, 9.17) is 4.42 Å². The van der Waals surface area contributed by atoms with E-state index in [0.29, 0.717) is 34.2 Å². The molecule has 0 atom stereocenters. The first kappa shape index (κ1) is 22.4. The molecule has 0 aliphatic carbocycles. The van der Waals surface area contributed by atoms with E-state index < -0.39 is 5.63 Å². The highest BCUT2D eigenvalue weighted by Gasteiger charge is 2.18. The molecule has 36 heavy (non-hydrogen) atoms. The Labute approximate surface area is 217 Å². The van der Waals surface area contributed by atoms with Gasteiger partial charge < -0.3 is 14.1 Å². The van der Waals surface area contributed by atoms with Gasteiger partial charge in [-0.05, 0) is 35.9 Å². The number of rotatable bonds is 5. The number of aromatic nitrogens is 2. The maximum atomic E-state index is 12.5. The molecular formula is C27H17BrN4O3S. The van der Waals surface area contributed by atoms with Crippen molar-refractivity contribution in [1.29, 1.82) is 0 Å². The summed E-state index contributed by atoms with van der Waals surface area (Å²) >= 11 is 4.76. The first-order valence-electron chi connectivity index (χ1n) is 11.0. The van der Waals surface area contributed by atoms with Gasteiger partial charge in [0.15, 0.2) is 5.69 Å². The molecule has 0 spiro atoms. The number of azo groups is 1. The van der Waals surface area contributed by atoms with Gasteiger partial charge in [-0.15, -0.1) is 21.6 Å². The van der Waals surface area contributed by atoms with Gasteiger partial charge in [0.05, 0.1) is 23.3 Å². The third-order valence-corrected chi connectivity index (χ3v) is 7.02. The predicted octanol–water partition coefficient (Wildman–Crippen LogP) is 7.80. The summed E-state index contributed by atoms with van der Waals surface area (Å²) in [5, 5.41) is 23.4. The Balaban J connectivity index is 1.37. The summed E-state index contributed by atoms with van der Waals surface area (Å²) in [7, 11) is 0. The summed E-state index contributed by atoms with van der Waals surface area (Å²) in [6.07, 6.45) is 0. The third kappa shape index (κ3) is 4.12. The lowest BCUT2D eigenvalue weighted by Crippen LogP contribution is -2.02. The van der Waals surface area contributed by atoms with Gasteiger partial charge in [0.1, 0.15) is 5.58 Å². The van der Waals surface area contributed by atoms with Crippen LogP contribution in [0.3, 0.4) is 0 Å². The number of para-hydroxylation sites is 1. The molecule has 0 saturated carbocycles. The fourth-order valence-electron chi connectivity index (χ4n) is 4.09. The summed E-state index contributed by atoms with van der Waals surface area (Å²) in [6, 6.07) is 24.7. The van der Waals surface area contributed by atoms with E-state index in [0.717, 1.165) is 26.3 Å². The second-order valence-corrected chi connectivity index (χ2v) is 9.86. The second-order valence-electron chi connectivity index (χ2n) is 8.11. The fraction of sp³-hybridized carbons (Fsp3) is 0.0370. The van der Waals surface area contributed by atoms with Crippen molar-refractivity contribution >= 4 is 60.0 Å². The zero-order valence-corrected chi connectivity index (χ0v) is 21.0. The van der Waals surface area contributed by atoms with Crippen molar-refractivity contribution in [3.05, 3.63) is 105 Å². The van der Waals surface area contributed by atoms with Crippen LogP contribution in [0.15, 0.2) is 108 Å². The molecule has 0 bridgehead atoms. The Kier molecular flexibility index (Phi) is 5.71. The number of aromatic hydroxyl groups is 1. The number of hydrogen-bond donors (Lipinski definition) is 1. The maximum absolute atomic E-state index is 12.5. The summed E-state index contributed by atoms with van der Waals surface area (Å²) in [5.74, 6) is 0.0163. The van der Waals surface area contributed by atoms with E-state index in [-0.39, 0.29) is 5.88 Å². The molecule has 0 saturated heterocycles. The molecule has 0 unspecified atom stereocenters. The fourth-order valence-corrected chi connectivity index (χ4v) is 5.08. The van der Waals surface area contributed by atoms with Crippen molar-refractivity contribution in [2.45, 2.75) is 6.54 Å². The van der Waals surface area contributed by atoms with Gasteiger partial charge in [-0.1, -0.05) is 64.5 Å². The molecule has 1 N–H and O–H groups in total. The number of benzene rings is 3. The van der Waals surface area contributed by atoms with E-state index in [1.54, 1.807) is 22.1 Å². The Bertz CT molecular complexity index is 1820. The van der Waals surface area contributed by atoms with Gasteiger partial charge >= 0.3 is 5.63 Å². The maximum Gasteiger partial charge on any atom is 0.345 e. The van der Waals surface area contributed by atoms with Crippen molar-refractivity contribution in [2.75, 3.05) is 0 Å². The number of halogens is 1. The molecule has 0 amide bonds. The first-order chi connectivity index (χ1) is 17.6. The van der Waals surface area contributed by atoms with Crippen LogP contribution in [0.4, 0.5) is 10.8 Å². The molecule has 3 aromatic heterocycles. The summed E-state index contributed by atoms with van der Waals surface area (Å²) in [4.78, 5) is 17.0. The van der Waals surface area contributed by atoms with E-state index >= 15 is 0 Å². The molecule has 7 nitrogen and oxygen atoms in total. The van der Waals surface area contributed by atoms with E-state index in [2.05, 4.69) is 31.1 Å². The molecule has 6 aromatic rings. The Morgan fingerprint density at radius 3 is 2.67 bits per heavy atom. The predicted molar refractivity (Wildman–Crippen MR) is 145 cm³/mol. The van der Waals surface area contributed by atoms with Crippen LogP contribution in [0, 0.1) is 0 Å². The molecular weight excluding hydrogens is 540 g/mol. The SMILES string of the molecule is O=c1oc2ccccc2cc1-c1csc(N=Nc2c(O)n(Cc3ccccc3)c3ccc(Br)cc23)n1. The van der Waals surface area contributed by atoms with Gasteiger partial charge in [0, 0.05) is 20.6 Å². The molecule has 0 radical (unpaired) electrons. The highest BCUT2D eigenvalue weighted by atomic mass is 79.9. The number of thiazole rings is 1. The summed E-state index contributed by atoms with van der Waals surface area (Å²) in [5.41, 5.74) is 3.12. The molecule has 0 aliphatic heterocycles. The quantitative estimate of drug-likeness (QED) is 0.173. The van der Waals surface area contributed by atoms with Crippen LogP contribution in [0.2, 0.25) is 0 Å². The van der Waals surface area contributed by atoms with Crippen LogP contribution >= 0.6 is 27.3 Å². The Morgan fingerprint density at radius 2 is 1.81 bits per heavy atom. The standard InChI is InChI=1S/C27H17BrN4O3S/c28-18-10-11-22-20(13-18)24(25(33)32(22)14-16-6-2-1-3-7-16)30-31-27-29-21(15-36-27)19-12-17-8-4-5-9-23(17)35-26(19)34/h1-13,15,33H,14H2. The minimum Gasteiger partial charge on any atom is -0.493 e. The monoisotopic (exact) mass is 556 g/mol. The molecule has 0 fully saturated rings. The van der Waals surface area contributed by atoms with Crippen molar-refractivity contribution in [3.63, 3.8) is 0 Å². The lowest BCUT2D eigenvalue weighted by Gasteiger charge is -2.07. The van der Waals surface area contributed by atoms with Crippen molar-refractivity contribution < 1.29 is 9.52 Å². The van der Waals surface area contributed by atoms with Gasteiger partial charge in [0.25, 0.3) is 0 Å². The largest absolute Gasteiger partial charge is 0.493 e. The molecule has 9 heteroatoms. The smallest absolute Gasteiger partial charge is 0.345 e. The van der Waals surface area contributed by atoms with Crippen LogP contribution in [0.5, 0.6) is 5.88 Å². The highest BCUT2D eigenvalue weighted by Crippen LogP contribution is 2.41. The normalized spacial score (nSPS) is 11.7. The topological polar surface area (TPSA) is 93.0 Å². The molecule has 6 rings (SSSR count). The van der Waals surface area contributed by atoms with Crippen molar-refractivity contribution in [1.82, 2.24) is 9.55 Å².